The summed E-state index contributed by atoms with van der Waals surface area (Å²) < 4.78 is 27.6. The molecule has 1 aromatic heterocycles. The van der Waals surface area contributed by atoms with Gasteiger partial charge in [0.1, 0.15) is 17.6 Å². The van der Waals surface area contributed by atoms with Gasteiger partial charge in [-0.3, -0.25) is 4.99 Å². The number of hydrogen-bond acceptors (Lipinski definition) is 5. The minimum absolute atomic E-state index is 0.0474. The molecule has 0 radical (unpaired) electrons. The van der Waals surface area contributed by atoms with E-state index in [0.29, 0.717) is 36.7 Å². The Morgan fingerprint density at radius 1 is 1.03 bits per heavy atom. The molecule has 0 spiro atoms. The van der Waals surface area contributed by atoms with Crippen LogP contribution in [0.1, 0.15) is 18.5 Å². The summed E-state index contributed by atoms with van der Waals surface area (Å²) in [5.74, 6) is 7.68. The molecule has 0 saturated carbocycles. The van der Waals surface area contributed by atoms with Crippen molar-refractivity contribution in [1.29, 1.82) is 0 Å². The van der Waals surface area contributed by atoms with Crippen LogP contribution in [0.5, 0.6) is 0 Å². The maximum Gasteiger partial charge on any atom is 0.281 e. The number of nitrogens with one attached hydrogen (secondary N) is 1. The summed E-state index contributed by atoms with van der Waals surface area (Å²) in [7, 11) is -3.50. The number of rotatable bonds is 4. The van der Waals surface area contributed by atoms with Crippen LogP contribution in [0, 0.1) is 5.92 Å². The lowest BCUT2D eigenvalue weighted by atomic mass is 9.93. The summed E-state index contributed by atoms with van der Waals surface area (Å²) in [6, 6.07) is 18.7. The number of amidine groups is 1. The lowest BCUT2D eigenvalue weighted by molar-refractivity contribution is -0.750. The highest BCUT2D eigenvalue weighted by Gasteiger charge is 2.47. The van der Waals surface area contributed by atoms with E-state index in [2.05, 4.69) is 22.1 Å². The van der Waals surface area contributed by atoms with Crippen LogP contribution in [0.2, 0.25) is 0 Å². The predicted octanol–water partition coefficient (Wildman–Crippen LogP) is 3.49. The van der Waals surface area contributed by atoms with Crippen molar-refractivity contribution < 1.29 is 13.0 Å². The number of nitrogens with zero attached hydrogens (tertiary/aromatic N) is 4. The minimum Gasteiger partial charge on any atom is -0.349 e. The van der Waals surface area contributed by atoms with Crippen molar-refractivity contribution in [3.8, 4) is 0 Å². The molecule has 1 saturated heterocycles. The van der Waals surface area contributed by atoms with Crippen molar-refractivity contribution in [1.82, 2.24) is 9.29 Å². The Kier molecular flexibility index (Phi) is 4.89. The topological polar surface area (TPSA) is 104 Å². The van der Waals surface area contributed by atoms with Crippen molar-refractivity contribution in [2.45, 2.75) is 17.7 Å². The van der Waals surface area contributed by atoms with Crippen LogP contribution in [0.3, 0.4) is 0 Å². The Hall–Kier alpha value is -3.37. The van der Waals surface area contributed by atoms with Gasteiger partial charge in [-0.15, -0.1) is 4.59 Å². The van der Waals surface area contributed by atoms with Gasteiger partial charge in [0.05, 0.1) is 17.3 Å². The summed E-state index contributed by atoms with van der Waals surface area (Å²) in [6.07, 6.45) is 6.65. The minimum atomic E-state index is -3.50. The fourth-order valence-corrected chi connectivity index (χ4v) is 6.48. The van der Waals surface area contributed by atoms with Crippen molar-refractivity contribution in [3.05, 3.63) is 90.2 Å². The van der Waals surface area contributed by atoms with Gasteiger partial charge < -0.3 is 4.98 Å². The molecule has 3 aromatic rings. The third-order valence-corrected chi connectivity index (χ3v) is 8.73. The number of para-hydroxylation sites is 1. The number of piperidine rings is 1. The lowest BCUT2D eigenvalue weighted by Crippen LogP contribution is -2.53. The molecule has 172 valence electrons. The molecule has 0 amide bonds. The Labute approximate surface area is 198 Å². The SMILES string of the molecule is N[N+]12C=CN=CC1=C(C1CCN(S(=O)(=O)c3ccccc3)CC1)N=C2c1cc2ccccc2[nH]1. The average molecular weight is 474 g/mol. The number of aromatic amines is 1. The van der Waals surface area contributed by atoms with Gasteiger partial charge >= 0.3 is 0 Å². The number of H-pyrrole nitrogens is 1. The number of sulfonamides is 1. The Morgan fingerprint density at radius 2 is 1.76 bits per heavy atom. The van der Waals surface area contributed by atoms with Crippen LogP contribution in [-0.4, -0.2) is 47.4 Å². The third kappa shape index (κ3) is 3.28. The standard InChI is InChI=1S/C25H25N6O2S/c26-31-15-12-27-17-23(31)24(29-25(31)22-16-19-6-4-5-9-21(19)28-22)18-10-13-30(14-11-18)34(32,33)20-7-2-1-3-8-20/h1-9,12,15-18,28H,10-11,13-14,26H2/q+1. The summed E-state index contributed by atoms with van der Waals surface area (Å²) in [5, 5.41) is 1.09. The zero-order chi connectivity index (χ0) is 23.3. The molecule has 1 unspecified atom stereocenters. The molecule has 3 aliphatic rings. The highest BCUT2D eigenvalue weighted by Crippen LogP contribution is 2.38. The monoisotopic (exact) mass is 473 g/mol. The van der Waals surface area contributed by atoms with Crippen LogP contribution < -0.4 is 5.84 Å². The van der Waals surface area contributed by atoms with Crippen LogP contribution >= 0.6 is 0 Å². The van der Waals surface area contributed by atoms with Crippen molar-refractivity contribution in [2.24, 2.45) is 21.7 Å². The number of hydrogen-bond donors (Lipinski definition) is 2. The molecule has 3 aliphatic heterocycles. The van der Waals surface area contributed by atoms with E-state index in [1.165, 1.54) is 0 Å². The number of allylic oxidation sites excluding steroid dienone is 2. The fourth-order valence-electron chi connectivity index (χ4n) is 4.99. The zero-order valence-corrected chi connectivity index (χ0v) is 19.3. The highest BCUT2D eigenvalue weighted by atomic mass is 32.2. The highest BCUT2D eigenvalue weighted by molar-refractivity contribution is 7.89. The fraction of sp³-hybridized carbons (Fsp3) is 0.200. The molecule has 9 heteroatoms. The van der Waals surface area contributed by atoms with E-state index in [1.54, 1.807) is 41.0 Å². The predicted molar refractivity (Wildman–Crippen MR) is 132 cm³/mol. The molecule has 0 aliphatic carbocycles. The molecule has 6 rings (SSSR count). The smallest absolute Gasteiger partial charge is 0.281 e. The van der Waals surface area contributed by atoms with Crippen LogP contribution in [-0.2, 0) is 10.0 Å². The third-order valence-electron chi connectivity index (χ3n) is 6.82. The van der Waals surface area contributed by atoms with Gasteiger partial charge in [-0.1, -0.05) is 36.4 Å². The van der Waals surface area contributed by atoms with Gasteiger partial charge in [-0.2, -0.15) is 15.1 Å². The first-order valence-corrected chi connectivity index (χ1v) is 12.8. The summed E-state index contributed by atoms with van der Waals surface area (Å²) in [6.45, 7) is 0.876. The molecule has 0 bridgehead atoms. The van der Waals surface area contributed by atoms with Gasteiger partial charge in [0.15, 0.2) is 0 Å². The first-order chi connectivity index (χ1) is 16.5. The second kappa shape index (κ2) is 7.85. The Balaban J connectivity index is 1.31. The van der Waals surface area contributed by atoms with E-state index >= 15 is 0 Å². The number of fused-ring (bicyclic) bond motifs is 2. The van der Waals surface area contributed by atoms with Gasteiger partial charge in [0.2, 0.25) is 15.7 Å². The van der Waals surface area contributed by atoms with Crippen LogP contribution in [0.25, 0.3) is 10.9 Å². The Bertz CT molecular complexity index is 1460. The van der Waals surface area contributed by atoms with Gasteiger partial charge in [0.25, 0.3) is 5.84 Å². The van der Waals surface area contributed by atoms with E-state index in [0.717, 1.165) is 28.0 Å². The quantitative estimate of drug-likeness (QED) is 0.448. The normalized spacial score (nSPS) is 23.5. The molecule has 4 heterocycles. The summed E-state index contributed by atoms with van der Waals surface area (Å²) in [5.41, 5.74) is 3.61. The molecule has 3 N–H and O–H groups in total. The number of benzene rings is 2. The molecule has 34 heavy (non-hydrogen) atoms. The largest absolute Gasteiger partial charge is 0.349 e. The van der Waals surface area contributed by atoms with E-state index in [9.17, 15) is 8.42 Å². The maximum atomic E-state index is 13.0. The van der Waals surface area contributed by atoms with Crippen LogP contribution in [0.15, 0.2) is 99.3 Å². The van der Waals surface area contributed by atoms with E-state index < -0.39 is 10.0 Å². The molecule has 1 fully saturated rings. The number of aromatic nitrogens is 1. The van der Waals surface area contributed by atoms with Crippen molar-refractivity contribution in [2.75, 3.05) is 13.1 Å². The maximum absolute atomic E-state index is 13.0. The second-order valence-corrected chi connectivity index (χ2v) is 10.8. The first kappa shape index (κ1) is 21.2. The van der Waals surface area contributed by atoms with Gasteiger partial charge in [-0.25, -0.2) is 8.42 Å². The molecular formula is C25H25N6O2S+. The van der Waals surface area contributed by atoms with E-state index in [-0.39, 0.29) is 10.5 Å². The zero-order valence-electron chi connectivity index (χ0n) is 18.5. The number of nitrogens with two attached hydrogens (primary N) is 1. The molecule has 1 atom stereocenters. The van der Waals surface area contributed by atoms with Gasteiger partial charge in [-0.05, 0) is 37.1 Å². The van der Waals surface area contributed by atoms with Crippen molar-refractivity contribution >= 4 is 33.0 Å². The summed E-state index contributed by atoms with van der Waals surface area (Å²) in [4.78, 5) is 13.1. The molecular weight excluding hydrogens is 448 g/mol. The van der Waals surface area contributed by atoms with E-state index in [1.807, 2.05) is 30.5 Å². The second-order valence-electron chi connectivity index (χ2n) is 8.82. The first-order valence-electron chi connectivity index (χ1n) is 11.3. The van der Waals surface area contributed by atoms with Gasteiger partial charge in [0, 0.05) is 29.9 Å². The molecule has 2 aromatic carbocycles. The number of quaternary nitrogens is 1. The summed E-state index contributed by atoms with van der Waals surface area (Å²) >= 11 is 0. The lowest BCUT2D eigenvalue weighted by Gasteiger charge is -2.31. The Morgan fingerprint density at radius 3 is 2.53 bits per heavy atom. The van der Waals surface area contributed by atoms with E-state index in [4.69, 9.17) is 10.8 Å². The molecule has 8 nitrogen and oxygen atoms in total. The van der Waals surface area contributed by atoms with Crippen molar-refractivity contribution in [3.63, 3.8) is 0 Å². The number of aliphatic imine (C=N–C) groups is 2. The average Bonchev–Trinajstić information content (AvgIpc) is 3.43. The van der Waals surface area contributed by atoms with Crippen LogP contribution in [0.4, 0.5) is 0 Å².